The van der Waals surface area contributed by atoms with Crippen LogP contribution in [0, 0.1) is 11.6 Å². The van der Waals surface area contributed by atoms with E-state index < -0.39 is 11.2 Å². The highest BCUT2D eigenvalue weighted by Gasteiger charge is 2.26. The molecule has 5 rings (SSSR count). The molecule has 3 heterocycles. The Balaban J connectivity index is 0.000000151. The molecule has 0 atom stereocenters. The van der Waals surface area contributed by atoms with Crippen molar-refractivity contribution in [2.24, 2.45) is 0 Å². The molecular weight excluding hydrogens is 368 g/mol. The Labute approximate surface area is 156 Å². The number of aromatic amines is 2. The smallest absolute Gasteiger partial charge is 0.313 e. The fourth-order valence-corrected chi connectivity index (χ4v) is 2.78. The minimum Gasteiger partial charge on any atom is -0.313 e. The van der Waals surface area contributed by atoms with Crippen LogP contribution in [-0.4, -0.2) is 24.6 Å². The zero-order chi connectivity index (χ0) is 19.7. The first-order chi connectivity index (χ1) is 13.5. The lowest BCUT2D eigenvalue weighted by Gasteiger charge is -1.99. The van der Waals surface area contributed by atoms with Gasteiger partial charge < -0.3 is 4.98 Å². The van der Waals surface area contributed by atoms with Crippen LogP contribution < -0.4 is 11.2 Å². The first kappa shape index (κ1) is 17.8. The van der Waals surface area contributed by atoms with Gasteiger partial charge in [-0.05, 0) is 54.7 Å². The highest BCUT2D eigenvalue weighted by molar-refractivity contribution is 5.57. The number of fused-ring (bicyclic) bond motifs is 1. The Morgan fingerprint density at radius 1 is 1.11 bits per heavy atom. The Kier molecular flexibility index (Phi) is 4.56. The SMILES string of the molecule is Fc1ccc(F)c(C2CC2)c1.O=c1[nH]cc(-c2ccc3nccn3n2)c(=O)[nH]1. The van der Waals surface area contributed by atoms with Crippen LogP contribution in [0.3, 0.4) is 0 Å². The van der Waals surface area contributed by atoms with E-state index in [4.69, 9.17) is 0 Å². The third-order valence-electron chi connectivity index (χ3n) is 4.33. The Morgan fingerprint density at radius 2 is 1.93 bits per heavy atom. The standard InChI is InChI=1S/C10H7N5O2.C9H8F2/c16-9-6(5-12-10(17)13-9)7-1-2-8-11-3-4-15(8)14-7;10-7-3-4-9(11)8(5-7)6-1-2-6/h1-5H,(H2,12,13,16,17);3-6H,1-2H2. The van der Waals surface area contributed by atoms with Gasteiger partial charge in [0.25, 0.3) is 5.56 Å². The number of hydrogen-bond acceptors (Lipinski definition) is 4. The lowest BCUT2D eigenvalue weighted by molar-refractivity contribution is 0.586. The summed E-state index contributed by atoms with van der Waals surface area (Å²) in [7, 11) is 0. The predicted octanol–water partition coefficient (Wildman–Crippen LogP) is 2.62. The average Bonchev–Trinajstić information content (AvgIpc) is 3.41. The molecule has 28 heavy (non-hydrogen) atoms. The van der Waals surface area contributed by atoms with E-state index in [0.717, 1.165) is 18.9 Å². The number of halogens is 2. The van der Waals surface area contributed by atoms with E-state index in [1.165, 1.54) is 18.3 Å². The summed E-state index contributed by atoms with van der Waals surface area (Å²) < 4.78 is 27.0. The van der Waals surface area contributed by atoms with Crippen molar-refractivity contribution in [2.75, 3.05) is 0 Å². The largest absolute Gasteiger partial charge is 0.325 e. The number of H-pyrrole nitrogens is 2. The number of rotatable bonds is 2. The van der Waals surface area contributed by atoms with Crippen molar-refractivity contribution in [3.05, 3.63) is 87.0 Å². The fourth-order valence-electron chi connectivity index (χ4n) is 2.78. The molecule has 0 saturated heterocycles. The second-order valence-electron chi connectivity index (χ2n) is 6.37. The van der Waals surface area contributed by atoms with E-state index in [9.17, 15) is 18.4 Å². The van der Waals surface area contributed by atoms with Crippen LogP contribution in [0.25, 0.3) is 16.9 Å². The molecule has 7 nitrogen and oxygen atoms in total. The maximum absolute atomic E-state index is 12.9. The third kappa shape index (κ3) is 3.73. The van der Waals surface area contributed by atoms with Gasteiger partial charge in [-0.25, -0.2) is 23.1 Å². The first-order valence-corrected chi connectivity index (χ1v) is 8.59. The maximum Gasteiger partial charge on any atom is 0.325 e. The zero-order valence-electron chi connectivity index (χ0n) is 14.5. The molecule has 2 N–H and O–H groups in total. The molecule has 0 aliphatic heterocycles. The molecule has 1 aromatic carbocycles. The van der Waals surface area contributed by atoms with Gasteiger partial charge in [0.2, 0.25) is 0 Å². The number of benzene rings is 1. The summed E-state index contributed by atoms with van der Waals surface area (Å²) in [5.41, 5.74) is 0.996. The molecule has 0 amide bonds. The van der Waals surface area contributed by atoms with Crippen molar-refractivity contribution >= 4 is 5.65 Å². The van der Waals surface area contributed by atoms with Crippen molar-refractivity contribution in [1.29, 1.82) is 0 Å². The molecule has 0 spiro atoms. The van der Waals surface area contributed by atoms with Gasteiger partial charge in [0.1, 0.15) is 11.6 Å². The monoisotopic (exact) mass is 383 g/mol. The van der Waals surface area contributed by atoms with E-state index in [1.807, 2.05) is 0 Å². The zero-order valence-corrected chi connectivity index (χ0v) is 14.5. The van der Waals surface area contributed by atoms with Crippen molar-refractivity contribution < 1.29 is 8.78 Å². The molecule has 1 fully saturated rings. The van der Waals surface area contributed by atoms with Crippen LogP contribution >= 0.6 is 0 Å². The number of imidazole rings is 1. The van der Waals surface area contributed by atoms with Crippen LogP contribution in [0.2, 0.25) is 0 Å². The van der Waals surface area contributed by atoms with Gasteiger partial charge in [-0.1, -0.05) is 0 Å². The van der Waals surface area contributed by atoms with E-state index in [-0.39, 0.29) is 17.6 Å². The molecule has 0 unspecified atom stereocenters. The predicted molar refractivity (Wildman–Crippen MR) is 98.0 cm³/mol. The maximum atomic E-state index is 12.9. The van der Waals surface area contributed by atoms with Gasteiger partial charge in [0, 0.05) is 18.6 Å². The molecule has 3 aromatic heterocycles. The summed E-state index contributed by atoms with van der Waals surface area (Å²) in [6.07, 6.45) is 6.63. The van der Waals surface area contributed by atoms with E-state index in [0.29, 0.717) is 22.5 Å². The van der Waals surface area contributed by atoms with Crippen LogP contribution in [0.5, 0.6) is 0 Å². The average molecular weight is 383 g/mol. The van der Waals surface area contributed by atoms with Crippen molar-refractivity contribution in [3.8, 4) is 11.3 Å². The number of nitrogens with zero attached hydrogens (tertiary/aromatic N) is 3. The van der Waals surface area contributed by atoms with Gasteiger partial charge in [-0.3, -0.25) is 9.78 Å². The van der Waals surface area contributed by atoms with Crippen LogP contribution in [0.15, 0.2) is 58.5 Å². The minimum atomic E-state index is -0.539. The quantitative estimate of drug-likeness (QED) is 0.556. The Bertz CT molecular complexity index is 1260. The minimum absolute atomic E-state index is 0.270. The molecule has 1 aliphatic carbocycles. The van der Waals surface area contributed by atoms with Gasteiger partial charge in [0.15, 0.2) is 5.65 Å². The molecule has 4 aromatic rings. The third-order valence-corrected chi connectivity index (χ3v) is 4.33. The van der Waals surface area contributed by atoms with Gasteiger partial charge in [0.05, 0.1) is 11.3 Å². The normalized spacial score (nSPS) is 13.2. The summed E-state index contributed by atoms with van der Waals surface area (Å²) in [6.45, 7) is 0. The highest BCUT2D eigenvalue weighted by Crippen LogP contribution is 2.41. The van der Waals surface area contributed by atoms with Crippen LogP contribution in [-0.2, 0) is 0 Å². The van der Waals surface area contributed by atoms with E-state index >= 15 is 0 Å². The summed E-state index contributed by atoms with van der Waals surface area (Å²) in [6, 6.07) is 7.06. The number of hydrogen-bond donors (Lipinski definition) is 2. The molecule has 0 bridgehead atoms. The molecule has 142 valence electrons. The number of aromatic nitrogens is 5. The second-order valence-corrected chi connectivity index (χ2v) is 6.37. The summed E-state index contributed by atoms with van der Waals surface area (Å²) in [4.78, 5) is 31.1. The highest BCUT2D eigenvalue weighted by atomic mass is 19.1. The van der Waals surface area contributed by atoms with Gasteiger partial charge >= 0.3 is 5.69 Å². The second kappa shape index (κ2) is 7.18. The molecule has 1 saturated carbocycles. The van der Waals surface area contributed by atoms with Crippen molar-refractivity contribution in [1.82, 2.24) is 24.6 Å². The van der Waals surface area contributed by atoms with Crippen LogP contribution in [0.4, 0.5) is 8.78 Å². The Hall–Kier alpha value is -3.62. The van der Waals surface area contributed by atoms with Crippen molar-refractivity contribution in [2.45, 2.75) is 18.8 Å². The molecule has 1 aliphatic rings. The fraction of sp³-hybridized carbons (Fsp3) is 0.158. The summed E-state index contributed by atoms with van der Waals surface area (Å²) in [5, 5.41) is 4.21. The molecule has 0 radical (unpaired) electrons. The molecular formula is C19H15F2N5O2. The van der Waals surface area contributed by atoms with E-state index in [1.54, 1.807) is 29.0 Å². The summed E-state index contributed by atoms with van der Waals surface area (Å²) in [5.74, 6) is -0.326. The van der Waals surface area contributed by atoms with E-state index in [2.05, 4.69) is 20.1 Å². The first-order valence-electron chi connectivity index (χ1n) is 8.59. The Morgan fingerprint density at radius 3 is 2.68 bits per heavy atom. The lowest BCUT2D eigenvalue weighted by atomic mass is 10.1. The van der Waals surface area contributed by atoms with Crippen molar-refractivity contribution in [3.63, 3.8) is 0 Å². The van der Waals surface area contributed by atoms with Gasteiger partial charge in [-0.15, -0.1) is 0 Å². The van der Waals surface area contributed by atoms with Crippen LogP contribution in [0.1, 0.15) is 24.3 Å². The summed E-state index contributed by atoms with van der Waals surface area (Å²) >= 11 is 0. The molecule has 9 heteroatoms. The van der Waals surface area contributed by atoms with Gasteiger partial charge in [-0.2, -0.15) is 5.10 Å². The number of nitrogens with one attached hydrogen (secondary N) is 2. The lowest BCUT2D eigenvalue weighted by Crippen LogP contribution is -2.22. The topological polar surface area (TPSA) is 95.9 Å².